The van der Waals surface area contributed by atoms with Crippen molar-refractivity contribution in [2.75, 3.05) is 19.6 Å². The molecule has 0 aromatic heterocycles. The number of benzene rings is 3. The molecule has 0 fully saturated rings. The van der Waals surface area contributed by atoms with Crippen molar-refractivity contribution in [1.82, 2.24) is 4.90 Å². The molecule has 0 unspecified atom stereocenters. The molecule has 0 bridgehead atoms. The smallest absolute Gasteiger partial charge is 0.392 e. The first kappa shape index (κ1) is 54.0. The van der Waals surface area contributed by atoms with E-state index in [1.807, 2.05) is 39.8 Å². The summed E-state index contributed by atoms with van der Waals surface area (Å²) in [5.41, 5.74) is 9.52. The minimum absolute atomic E-state index is 0.342. The van der Waals surface area contributed by atoms with Crippen LogP contribution in [-0.2, 0) is 11.2 Å². The maximum absolute atomic E-state index is 11.3. The molecule has 0 spiro atoms. The Bertz CT molecular complexity index is 1550. The second-order valence-corrected chi connectivity index (χ2v) is 14.5. The van der Waals surface area contributed by atoms with Gasteiger partial charge in [-0.3, -0.25) is 4.79 Å². The fourth-order valence-electron chi connectivity index (χ4n) is 6.33. The zero-order chi connectivity index (χ0) is 43.8. The lowest BCUT2D eigenvalue weighted by Gasteiger charge is -2.20. The molecule has 3 nitrogen and oxygen atoms in total. The fraction of sp³-hybridized carbons (Fsp3) is 0.481. The molecule has 0 saturated heterocycles. The summed E-state index contributed by atoms with van der Waals surface area (Å²) in [5.74, 6) is 0.178. The van der Waals surface area contributed by atoms with Crippen LogP contribution >= 0.6 is 0 Å². The largest absolute Gasteiger partial charge is 0.392 e. The van der Waals surface area contributed by atoms with Crippen molar-refractivity contribution in [3.05, 3.63) is 144 Å². The molecule has 1 aliphatic rings. The van der Waals surface area contributed by atoms with Gasteiger partial charge in [0.1, 0.15) is 0 Å². The maximum atomic E-state index is 11.3. The third-order valence-corrected chi connectivity index (χ3v) is 9.18. The monoisotopic (exact) mass is 804 g/mol. The summed E-state index contributed by atoms with van der Waals surface area (Å²) >= 11 is 0. The van der Waals surface area contributed by atoms with Crippen molar-refractivity contribution in [2.24, 2.45) is 0 Å². The van der Waals surface area contributed by atoms with Crippen LogP contribution in [0.5, 0.6) is 0 Å². The Labute approximate surface area is 351 Å². The Hall–Kier alpha value is -4.00. The number of rotatable bonds is 18. The highest BCUT2D eigenvalue weighted by Crippen LogP contribution is 2.46. The molecule has 3 aromatic carbocycles. The molecule has 4 rings (SSSR count). The number of carbonyl (C=O) groups excluding carboxylic acids is 1. The quantitative estimate of drug-likeness (QED) is 0.0791. The van der Waals surface area contributed by atoms with Gasteiger partial charge in [-0.2, -0.15) is 13.2 Å². The van der Waals surface area contributed by atoms with Crippen LogP contribution in [0.2, 0.25) is 0 Å². The van der Waals surface area contributed by atoms with Crippen molar-refractivity contribution >= 4 is 5.78 Å². The normalized spacial score (nSPS) is 12.4. The Morgan fingerprint density at radius 2 is 1.36 bits per heavy atom. The van der Waals surface area contributed by atoms with Gasteiger partial charge < -0.3 is 10.0 Å². The summed E-state index contributed by atoms with van der Waals surface area (Å²) in [7, 11) is 0. The number of hydrogen-bond donors (Lipinski definition) is 1. The van der Waals surface area contributed by atoms with Gasteiger partial charge in [0.2, 0.25) is 0 Å². The van der Waals surface area contributed by atoms with Crippen molar-refractivity contribution in [3.63, 3.8) is 0 Å². The van der Waals surface area contributed by atoms with E-state index in [4.69, 9.17) is 0 Å². The van der Waals surface area contributed by atoms with Gasteiger partial charge in [0, 0.05) is 5.92 Å². The highest BCUT2D eigenvalue weighted by atomic mass is 19.4. The van der Waals surface area contributed by atoms with Gasteiger partial charge in [0.25, 0.3) is 0 Å². The number of aliphatic hydroxyl groups excluding tert-OH is 1. The van der Waals surface area contributed by atoms with E-state index in [0.29, 0.717) is 18.8 Å². The van der Waals surface area contributed by atoms with Crippen LogP contribution in [0.1, 0.15) is 141 Å². The number of ketones is 1. The minimum atomic E-state index is -4.20. The average Bonchev–Trinajstić information content (AvgIpc) is 3.52. The molecular weight excluding hydrogens is 728 g/mol. The van der Waals surface area contributed by atoms with Gasteiger partial charge in [0.15, 0.2) is 5.78 Å². The standard InChI is InChI=1S/C37H47NO.C6H7F3O.C4H8.C3H8.C2H6/c1-4-38(25-13-6-5-7-15-32(39)28-30(3)27-31-23-21-29(2)22-24-31)26-14-12-20-37-35-18-10-8-16-33(35)34-17-9-11-19-36(34)37;1-5(10)3-2-4-6(7,8)9;1-3-4-2;1-3-2;1-2/h5,7-11,16-19,21-24,32,37,39H,3-4,6,12-15,20,25-28H2,1-2H3;2-3H,4H2,1H3;3-4H,1-2H3;3H2,1-2H3;1-2H3/b7-5+;;4-3-;;/t32-;;;;/m0..../s1. The van der Waals surface area contributed by atoms with Crippen LogP contribution in [0.4, 0.5) is 13.2 Å². The number of alkyl halides is 3. The van der Waals surface area contributed by atoms with Gasteiger partial charge in [0.05, 0.1) is 12.5 Å². The zero-order valence-electron chi connectivity index (χ0n) is 37.4. The van der Waals surface area contributed by atoms with Crippen LogP contribution in [0.25, 0.3) is 11.1 Å². The molecule has 322 valence electrons. The van der Waals surface area contributed by atoms with Crippen LogP contribution in [-0.4, -0.2) is 47.7 Å². The fourth-order valence-corrected chi connectivity index (χ4v) is 6.33. The summed E-state index contributed by atoms with van der Waals surface area (Å²) in [5, 5.41) is 10.4. The summed E-state index contributed by atoms with van der Waals surface area (Å²) in [6, 6.07) is 26.5. The van der Waals surface area contributed by atoms with Crippen molar-refractivity contribution in [1.29, 1.82) is 0 Å². The lowest BCUT2D eigenvalue weighted by atomic mass is 9.91. The van der Waals surface area contributed by atoms with Gasteiger partial charge in [-0.15, -0.1) is 0 Å². The Kier molecular flexibility index (Phi) is 30.6. The van der Waals surface area contributed by atoms with Gasteiger partial charge >= 0.3 is 6.18 Å². The van der Waals surface area contributed by atoms with E-state index >= 15 is 0 Å². The van der Waals surface area contributed by atoms with Crippen LogP contribution in [0.15, 0.2) is 121 Å². The number of unbranched alkanes of at least 4 members (excludes halogenated alkanes) is 2. The number of hydrogen-bond acceptors (Lipinski definition) is 3. The number of carbonyl (C=O) groups is 1. The van der Waals surface area contributed by atoms with E-state index in [1.165, 1.54) is 79.0 Å². The van der Waals surface area contributed by atoms with E-state index in [1.54, 1.807) is 0 Å². The van der Waals surface area contributed by atoms with E-state index in [2.05, 4.69) is 124 Å². The van der Waals surface area contributed by atoms with E-state index in [-0.39, 0.29) is 11.9 Å². The predicted molar refractivity (Wildman–Crippen MR) is 246 cm³/mol. The van der Waals surface area contributed by atoms with Crippen LogP contribution in [0.3, 0.4) is 0 Å². The summed E-state index contributed by atoms with van der Waals surface area (Å²) in [4.78, 5) is 12.7. The Balaban J connectivity index is 0.00000143. The summed E-state index contributed by atoms with van der Waals surface area (Å²) in [6.45, 7) is 25.4. The lowest BCUT2D eigenvalue weighted by molar-refractivity contribution is -0.125. The van der Waals surface area contributed by atoms with E-state index in [0.717, 1.165) is 43.7 Å². The van der Waals surface area contributed by atoms with Crippen molar-refractivity contribution < 1.29 is 23.1 Å². The SMILES string of the molecule is C/C=C\C.C=C(Cc1ccc(C)cc1)C[C@@H](O)C/C=C/CCCN(CC)CCCCC1c2ccccc2-c2ccccc21.CC.CC(=O)C=CCC(F)(F)F.CCC. The number of halogens is 3. The van der Waals surface area contributed by atoms with Crippen molar-refractivity contribution in [3.8, 4) is 11.1 Å². The number of allylic oxidation sites excluding steroid dienone is 5. The topological polar surface area (TPSA) is 40.5 Å². The van der Waals surface area contributed by atoms with Crippen molar-refractivity contribution in [2.45, 2.75) is 145 Å². The third-order valence-electron chi connectivity index (χ3n) is 9.18. The first-order chi connectivity index (χ1) is 27.8. The highest BCUT2D eigenvalue weighted by Gasteiger charge is 2.27. The molecule has 6 heteroatoms. The molecule has 0 amide bonds. The minimum Gasteiger partial charge on any atom is -0.392 e. The molecule has 58 heavy (non-hydrogen) atoms. The first-order valence-corrected chi connectivity index (χ1v) is 21.6. The van der Waals surface area contributed by atoms with Crippen LogP contribution in [0, 0.1) is 6.92 Å². The Morgan fingerprint density at radius 3 is 1.86 bits per heavy atom. The maximum Gasteiger partial charge on any atom is 0.392 e. The molecule has 1 aliphatic carbocycles. The lowest BCUT2D eigenvalue weighted by Crippen LogP contribution is -2.25. The van der Waals surface area contributed by atoms with Gasteiger partial charge in [-0.25, -0.2) is 0 Å². The second-order valence-electron chi connectivity index (χ2n) is 14.5. The number of fused-ring (bicyclic) bond motifs is 3. The molecular formula is C52H76F3NO2. The first-order valence-electron chi connectivity index (χ1n) is 21.6. The number of aryl methyl sites for hydroxylation is 1. The molecule has 3 aromatic rings. The predicted octanol–water partition coefficient (Wildman–Crippen LogP) is 15.0. The van der Waals surface area contributed by atoms with Crippen LogP contribution < -0.4 is 0 Å². The molecule has 1 atom stereocenters. The molecule has 0 radical (unpaired) electrons. The second kappa shape index (κ2) is 32.9. The molecule has 0 heterocycles. The summed E-state index contributed by atoms with van der Waals surface area (Å²) in [6.07, 6.45) is 14.0. The third kappa shape index (κ3) is 24.7. The molecule has 1 N–H and O–H groups in total. The zero-order valence-corrected chi connectivity index (χ0v) is 37.4. The van der Waals surface area contributed by atoms with Gasteiger partial charge in [-0.05, 0) is 126 Å². The number of aliphatic hydroxyl groups is 1. The van der Waals surface area contributed by atoms with E-state index in [9.17, 15) is 23.1 Å². The average molecular weight is 804 g/mol. The summed E-state index contributed by atoms with van der Waals surface area (Å²) < 4.78 is 34.0. The molecule has 0 aliphatic heterocycles. The van der Waals surface area contributed by atoms with Gasteiger partial charge in [-0.1, -0.05) is 168 Å². The molecule has 0 saturated carbocycles. The number of nitrogens with zero attached hydrogens (tertiary/aromatic N) is 1. The highest BCUT2D eigenvalue weighted by molar-refractivity contribution is 5.87. The Morgan fingerprint density at radius 1 is 0.828 bits per heavy atom. The van der Waals surface area contributed by atoms with E-state index < -0.39 is 12.6 Å².